The lowest BCUT2D eigenvalue weighted by Gasteiger charge is -2.26. The summed E-state index contributed by atoms with van der Waals surface area (Å²) in [7, 11) is 0. The predicted molar refractivity (Wildman–Crippen MR) is 125 cm³/mol. The molecule has 0 heterocycles. The zero-order valence-corrected chi connectivity index (χ0v) is 20.2. The number of carbonyl (C=O) groups is 1. The highest BCUT2D eigenvalue weighted by Gasteiger charge is 2.42. The van der Waals surface area contributed by atoms with Gasteiger partial charge in [-0.3, -0.25) is 4.90 Å². The molecule has 8 heteroatoms. The Balaban J connectivity index is 3.81. The van der Waals surface area contributed by atoms with Crippen molar-refractivity contribution in [3.63, 3.8) is 0 Å². The highest BCUT2D eigenvalue weighted by molar-refractivity contribution is 5.77. The van der Waals surface area contributed by atoms with Crippen LogP contribution < -0.4 is 0 Å². The van der Waals surface area contributed by atoms with Crippen LogP contribution in [0.25, 0.3) is 0 Å². The molecule has 0 rings (SSSR count). The van der Waals surface area contributed by atoms with E-state index in [0.29, 0.717) is 19.5 Å². The Kier molecular flexibility index (Phi) is 20.3. The Morgan fingerprint density at radius 2 is 1.22 bits per heavy atom. The van der Waals surface area contributed by atoms with Crippen molar-refractivity contribution < 1.29 is 35.1 Å². The first-order valence-corrected chi connectivity index (χ1v) is 12.6. The van der Waals surface area contributed by atoms with E-state index in [-0.39, 0.29) is 32.8 Å². The zero-order chi connectivity index (χ0) is 24.1. The number of ether oxygens (including phenoxy) is 1. The molecule has 0 aliphatic heterocycles. The lowest BCUT2D eigenvalue weighted by molar-refractivity contribution is -0.242. The minimum atomic E-state index is -2.93. The summed E-state index contributed by atoms with van der Waals surface area (Å²) < 4.78 is 4.87. The largest absolute Gasteiger partial charge is 0.460 e. The van der Waals surface area contributed by atoms with Gasteiger partial charge in [-0.25, -0.2) is 4.79 Å². The third kappa shape index (κ3) is 15.9. The quantitative estimate of drug-likeness (QED) is 0.0887. The smallest absolute Gasteiger partial charge is 0.369 e. The van der Waals surface area contributed by atoms with E-state index in [0.717, 1.165) is 19.3 Å². The number of carbonyl (C=O) groups excluding carboxylic acids is 1. The number of esters is 1. The predicted octanol–water partition coefficient (Wildman–Crippen LogP) is 2.34. The molecule has 0 aromatic carbocycles. The standard InChI is InChI=1S/C24H49NO7/c1-2-3-4-5-6-7-8-9-10-11-12-13-14-15-22(28)24(30,31)23(29)32-21-18-25(16-19-26)17-20-27/h22,26-28,30-31H,2-21H2,1H3. The average molecular weight is 464 g/mol. The van der Waals surface area contributed by atoms with Crippen molar-refractivity contribution in [1.29, 1.82) is 0 Å². The van der Waals surface area contributed by atoms with E-state index in [1.165, 1.54) is 57.8 Å². The maximum atomic E-state index is 11.9. The van der Waals surface area contributed by atoms with E-state index in [9.17, 15) is 20.1 Å². The molecule has 1 atom stereocenters. The highest BCUT2D eigenvalue weighted by atomic mass is 16.6. The molecule has 0 bridgehead atoms. The van der Waals surface area contributed by atoms with Crippen LogP contribution in [-0.2, 0) is 9.53 Å². The van der Waals surface area contributed by atoms with Gasteiger partial charge in [0.1, 0.15) is 12.7 Å². The number of hydrogen-bond donors (Lipinski definition) is 5. The number of unbranched alkanes of at least 4 members (excludes halogenated alkanes) is 12. The molecule has 1 unspecified atom stereocenters. The number of hydrogen-bond acceptors (Lipinski definition) is 8. The van der Waals surface area contributed by atoms with Gasteiger partial charge >= 0.3 is 5.97 Å². The normalized spacial score (nSPS) is 13.0. The zero-order valence-electron chi connectivity index (χ0n) is 20.2. The molecule has 0 spiro atoms. The van der Waals surface area contributed by atoms with Gasteiger partial charge in [0.2, 0.25) is 0 Å². The minimum Gasteiger partial charge on any atom is -0.460 e. The summed E-state index contributed by atoms with van der Waals surface area (Å²) in [4.78, 5) is 13.6. The van der Waals surface area contributed by atoms with Gasteiger partial charge < -0.3 is 30.3 Å². The van der Waals surface area contributed by atoms with Crippen molar-refractivity contribution in [3.8, 4) is 0 Å². The fourth-order valence-electron chi connectivity index (χ4n) is 3.68. The molecule has 0 saturated carbocycles. The van der Waals surface area contributed by atoms with E-state index < -0.39 is 17.9 Å². The Bertz CT molecular complexity index is 429. The third-order valence-electron chi connectivity index (χ3n) is 5.82. The number of rotatable bonds is 23. The Hall–Kier alpha value is -0.770. The molecule has 0 aliphatic rings. The van der Waals surface area contributed by atoms with Crippen molar-refractivity contribution >= 4 is 5.97 Å². The number of aliphatic hydroxyl groups is 5. The second-order valence-electron chi connectivity index (χ2n) is 8.70. The first kappa shape index (κ1) is 31.2. The molecule has 192 valence electrons. The van der Waals surface area contributed by atoms with Gasteiger partial charge in [-0.1, -0.05) is 90.4 Å². The van der Waals surface area contributed by atoms with Crippen molar-refractivity contribution in [2.75, 3.05) is 39.5 Å². The van der Waals surface area contributed by atoms with Crippen molar-refractivity contribution in [2.24, 2.45) is 0 Å². The topological polar surface area (TPSA) is 131 Å². The van der Waals surface area contributed by atoms with Crippen LogP contribution in [0.4, 0.5) is 0 Å². The van der Waals surface area contributed by atoms with Crippen LogP contribution in [0, 0.1) is 0 Å². The molecule has 0 aromatic heterocycles. The van der Waals surface area contributed by atoms with Crippen LogP contribution >= 0.6 is 0 Å². The number of aliphatic hydroxyl groups excluding tert-OH is 3. The lowest BCUT2D eigenvalue weighted by Crippen LogP contribution is -2.51. The highest BCUT2D eigenvalue weighted by Crippen LogP contribution is 2.18. The molecule has 32 heavy (non-hydrogen) atoms. The van der Waals surface area contributed by atoms with Gasteiger partial charge in [-0.2, -0.15) is 0 Å². The lowest BCUT2D eigenvalue weighted by atomic mass is 10.0. The summed E-state index contributed by atoms with van der Waals surface area (Å²) in [6.45, 7) is 2.75. The van der Waals surface area contributed by atoms with E-state index in [1.54, 1.807) is 4.90 Å². The van der Waals surface area contributed by atoms with Crippen molar-refractivity contribution in [3.05, 3.63) is 0 Å². The van der Waals surface area contributed by atoms with E-state index in [2.05, 4.69) is 6.92 Å². The monoisotopic (exact) mass is 463 g/mol. The summed E-state index contributed by atoms with van der Waals surface area (Å²) in [5.41, 5.74) is 0. The van der Waals surface area contributed by atoms with Crippen molar-refractivity contribution in [1.82, 2.24) is 4.90 Å². The van der Waals surface area contributed by atoms with E-state index in [1.807, 2.05) is 0 Å². The molecule has 0 amide bonds. The fraction of sp³-hybridized carbons (Fsp3) is 0.958. The maximum absolute atomic E-state index is 11.9. The second-order valence-corrected chi connectivity index (χ2v) is 8.70. The molecule has 0 radical (unpaired) electrons. The van der Waals surface area contributed by atoms with Crippen LogP contribution in [0.3, 0.4) is 0 Å². The molecule has 0 saturated heterocycles. The molecule has 8 nitrogen and oxygen atoms in total. The molecule has 0 fully saturated rings. The molecule has 0 aliphatic carbocycles. The Morgan fingerprint density at radius 1 is 0.781 bits per heavy atom. The number of nitrogens with zero attached hydrogens (tertiary/aromatic N) is 1. The third-order valence-corrected chi connectivity index (χ3v) is 5.82. The van der Waals surface area contributed by atoms with Gasteiger partial charge in [0.15, 0.2) is 0 Å². The van der Waals surface area contributed by atoms with Crippen LogP contribution in [0.15, 0.2) is 0 Å². The fourth-order valence-corrected chi connectivity index (χ4v) is 3.68. The SMILES string of the molecule is CCCCCCCCCCCCCCCC(O)C(O)(O)C(=O)OCCN(CCO)CCO. The molecular formula is C24H49NO7. The minimum absolute atomic E-state index is 0.101. The van der Waals surface area contributed by atoms with Gasteiger partial charge in [0.25, 0.3) is 5.79 Å². The van der Waals surface area contributed by atoms with Gasteiger partial charge in [-0.05, 0) is 6.42 Å². The second kappa shape index (κ2) is 20.8. The summed E-state index contributed by atoms with van der Waals surface area (Å²) in [6, 6.07) is 0. The average Bonchev–Trinajstić information content (AvgIpc) is 2.76. The van der Waals surface area contributed by atoms with Crippen LogP contribution in [0.1, 0.15) is 96.8 Å². The summed E-state index contributed by atoms with van der Waals surface area (Å²) in [5, 5.41) is 47.8. The first-order valence-electron chi connectivity index (χ1n) is 12.6. The van der Waals surface area contributed by atoms with Crippen molar-refractivity contribution in [2.45, 2.75) is 109 Å². The van der Waals surface area contributed by atoms with Gasteiger partial charge in [0, 0.05) is 19.6 Å². The summed E-state index contributed by atoms with van der Waals surface area (Å²) >= 11 is 0. The Morgan fingerprint density at radius 3 is 1.66 bits per heavy atom. The summed E-state index contributed by atoms with van der Waals surface area (Å²) in [6.07, 6.45) is 13.9. The van der Waals surface area contributed by atoms with Crippen LogP contribution in [0.2, 0.25) is 0 Å². The molecule has 0 aromatic rings. The molecular weight excluding hydrogens is 414 g/mol. The molecule has 5 N–H and O–H groups in total. The van der Waals surface area contributed by atoms with E-state index >= 15 is 0 Å². The van der Waals surface area contributed by atoms with Crippen LogP contribution in [0.5, 0.6) is 0 Å². The Labute approximate surface area is 194 Å². The van der Waals surface area contributed by atoms with Crippen LogP contribution in [-0.4, -0.2) is 87.7 Å². The van der Waals surface area contributed by atoms with E-state index in [4.69, 9.17) is 14.9 Å². The first-order chi connectivity index (χ1) is 15.4. The summed E-state index contributed by atoms with van der Waals surface area (Å²) in [5.74, 6) is -4.22. The van der Waals surface area contributed by atoms with Gasteiger partial charge in [-0.15, -0.1) is 0 Å². The van der Waals surface area contributed by atoms with Gasteiger partial charge in [0.05, 0.1) is 13.2 Å². The maximum Gasteiger partial charge on any atom is 0.369 e.